The first kappa shape index (κ1) is 23.5. The number of hydrogen-bond acceptors (Lipinski definition) is 7. The number of carbonyl (C=O) groups is 2. The van der Waals surface area contributed by atoms with Gasteiger partial charge in [-0.25, -0.2) is 4.98 Å². The maximum atomic E-state index is 13.4. The van der Waals surface area contributed by atoms with Crippen LogP contribution in [-0.4, -0.2) is 102 Å². The molecule has 9 nitrogen and oxygen atoms in total. The highest BCUT2D eigenvalue weighted by atomic mass is 16.5. The normalized spacial score (nSPS) is 28.1. The summed E-state index contributed by atoms with van der Waals surface area (Å²) in [5, 5.41) is 3.34. The Morgan fingerprint density at radius 2 is 1.97 bits per heavy atom. The van der Waals surface area contributed by atoms with E-state index in [-0.39, 0.29) is 23.9 Å². The van der Waals surface area contributed by atoms with Crippen LogP contribution in [0.1, 0.15) is 44.2 Å². The second-order valence-electron chi connectivity index (χ2n) is 10.4. The molecule has 186 valence electrons. The minimum absolute atomic E-state index is 0.0247. The molecular weight excluding hydrogens is 434 g/mol. The van der Waals surface area contributed by atoms with Crippen LogP contribution < -0.4 is 10.1 Å². The summed E-state index contributed by atoms with van der Waals surface area (Å²) >= 11 is 0. The maximum absolute atomic E-state index is 13.4. The number of aromatic nitrogens is 1. The molecule has 4 saturated heterocycles. The number of fused-ring (bicyclic) bond motifs is 1. The average molecular weight is 472 g/mol. The molecule has 0 unspecified atom stereocenters. The number of amides is 2. The largest absolute Gasteiger partial charge is 0.481 e. The van der Waals surface area contributed by atoms with Crippen LogP contribution in [0.4, 0.5) is 0 Å². The van der Waals surface area contributed by atoms with Crippen molar-refractivity contribution in [1.82, 2.24) is 25.0 Å². The Hall–Kier alpha value is -2.23. The molecule has 1 aromatic heterocycles. The minimum Gasteiger partial charge on any atom is -0.481 e. The first-order valence-electron chi connectivity index (χ1n) is 12.6. The second-order valence-corrected chi connectivity index (χ2v) is 10.4. The summed E-state index contributed by atoms with van der Waals surface area (Å²) in [4.78, 5) is 37.8. The topological polar surface area (TPSA) is 87.2 Å². The molecule has 2 amide bonds. The van der Waals surface area contributed by atoms with Gasteiger partial charge in [0.2, 0.25) is 17.7 Å². The molecule has 4 aliphatic rings. The Balaban J connectivity index is 1.19. The molecule has 1 aromatic rings. The summed E-state index contributed by atoms with van der Waals surface area (Å²) in [5.41, 5.74) is 0.537. The lowest BCUT2D eigenvalue weighted by Gasteiger charge is -2.41. The minimum atomic E-state index is -0.432. The third kappa shape index (κ3) is 4.78. The molecular formula is C25H37N5O4. The van der Waals surface area contributed by atoms with E-state index in [2.05, 4.69) is 27.1 Å². The standard InChI is InChI=1S/C25H37N5O4/c1-28(19-6-12-34-13-7-19)20-14-21-24(32)27-25(15-23(31)30(21)17-20)8-10-29(11-9-25)16-18-4-3-5-22(26-18)33-2/h3-5,19-21H,6-17H2,1-2H3,(H,27,32)/t20-,21-/m0/s1. The van der Waals surface area contributed by atoms with Crippen LogP contribution in [-0.2, 0) is 20.9 Å². The van der Waals surface area contributed by atoms with E-state index in [0.717, 1.165) is 70.6 Å². The molecule has 4 aliphatic heterocycles. The van der Waals surface area contributed by atoms with Crippen molar-refractivity contribution in [3.63, 3.8) is 0 Å². The predicted octanol–water partition coefficient (Wildman–Crippen LogP) is 1.03. The predicted molar refractivity (Wildman–Crippen MR) is 126 cm³/mol. The van der Waals surface area contributed by atoms with Crippen molar-refractivity contribution < 1.29 is 19.1 Å². The molecule has 5 rings (SSSR count). The van der Waals surface area contributed by atoms with Gasteiger partial charge in [0, 0.05) is 57.5 Å². The Labute approximate surface area is 201 Å². The molecule has 9 heteroatoms. The Kier molecular flexibility index (Phi) is 6.77. The van der Waals surface area contributed by atoms with Gasteiger partial charge in [0.05, 0.1) is 24.8 Å². The van der Waals surface area contributed by atoms with Gasteiger partial charge in [-0.3, -0.25) is 19.4 Å². The average Bonchev–Trinajstić information content (AvgIpc) is 3.28. The number of likely N-dealkylation sites (tertiary alicyclic amines) is 1. The quantitative estimate of drug-likeness (QED) is 0.686. The molecule has 5 heterocycles. The number of methoxy groups -OCH3 is 1. The summed E-state index contributed by atoms with van der Waals surface area (Å²) in [6, 6.07) is 6.16. The van der Waals surface area contributed by atoms with Crippen LogP contribution in [0.25, 0.3) is 0 Å². The first-order valence-corrected chi connectivity index (χ1v) is 12.6. The number of carbonyl (C=O) groups excluding carboxylic acids is 2. The van der Waals surface area contributed by atoms with Gasteiger partial charge in [-0.05, 0) is 45.2 Å². The SMILES string of the molecule is COc1cccc(CN2CCC3(CC2)CC(=O)N2C[C@@H](N(C)C4CCOCC4)C[C@H]2C(=O)N3)n1. The van der Waals surface area contributed by atoms with Crippen molar-refractivity contribution in [1.29, 1.82) is 0 Å². The first-order chi connectivity index (χ1) is 16.5. The van der Waals surface area contributed by atoms with E-state index in [1.54, 1.807) is 7.11 Å². The van der Waals surface area contributed by atoms with Crippen molar-refractivity contribution >= 4 is 11.8 Å². The molecule has 0 bridgehead atoms. The van der Waals surface area contributed by atoms with Gasteiger partial charge >= 0.3 is 0 Å². The van der Waals surface area contributed by atoms with Gasteiger partial charge in [-0.1, -0.05) is 6.07 Å². The molecule has 0 aromatic carbocycles. The lowest BCUT2D eigenvalue weighted by atomic mass is 9.84. The lowest BCUT2D eigenvalue weighted by molar-refractivity contribution is -0.135. The van der Waals surface area contributed by atoms with Crippen molar-refractivity contribution in [2.45, 2.75) is 68.7 Å². The van der Waals surface area contributed by atoms with Gasteiger partial charge in [0.15, 0.2) is 0 Å². The fourth-order valence-corrected chi connectivity index (χ4v) is 6.13. The molecule has 34 heavy (non-hydrogen) atoms. The summed E-state index contributed by atoms with van der Waals surface area (Å²) in [6.45, 7) is 4.63. The van der Waals surface area contributed by atoms with Crippen molar-refractivity contribution in [2.75, 3.05) is 47.0 Å². The summed E-state index contributed by atoms with van der Waals surface area (Å²) < 4.78 is 10.7. The summed E-state index contributed by atoms with van der Waals surface area (Å²) in [6.07, 6.45) is 4.70. The van der Waals surface area contributed by atoms with Crippen LogP contribution in [0.3, 0.4) is 0 Å². The van der Waals surface area contributed by atoms with Gasteiger partial charge in [0.1, 0.15) is 6.04 Å². The highest BCUT2D eigenvalue weighted by molar-refractivity contribution is 5.92. The smallest absolute Gasteiger partial charge is 0.243 e. The molecule has 0 radical (unpaired) electrons. The summed E-state index contributed by atoms with van der Waals surface area (Å²) in [5.74, 6) is 0.764. The second kappa shape index (κ2) is 9.79. The number of piperidine rings is 1. The van der Waals surface area contributed by atoms with Crippen LogP contribution in [0, 0.1) is 0 Å². The van der Waals surface area contributed by atoms with E-state index >= 15 is 0 Å². The van der Waals surface area contributed by atoms with E-state index in [1.165, 1.54) is 0 Å². The summed E-state index contributed by atoms with van der Waals surface area (Å²) in [7, 11) is 3.77. The fraction of sp³-hybridized carbons (Fsp3) is 0.720. The van der Waals surface area contributed by atoms with Crippen molar-refractivity contribution in [3.05, 3.63) is 23.9 Å². The Bertz CT molecular complexity index is 869. The molecule has 2 atom stereocenters. The number of pyridine rings is 1. The van der Waals surface area contributed by atoms with Crippen molar-refractivity contribution in [3.8, 4) is 5.88 Å². The molecule has 1 spiro atoms. The van der Waals surface area contributed by atoms with E-state index in [9.17, 15) is 9.59 Å². The fourth-order valence-electron chi connectivity index (χ4n) is 6.13. The number of nitrogens with zero attached hydrogens (tertiary/aromatic N) is 4. The molecule has 1 N–H and O–H groups in total. The molecule has 4 fully saturated rings. The van der Waals surface area contributed by atoms with E-state index in [0.29, 0.717) is 24.9 Å². The third-order valence-corrected chi connectivity index (χ3v) is 8.31. The zero-order chi connectivity index (χ0) is 23.7. The number of rotatable bonds is 5. The van der Waals surface area contributed by atoms with E-state index < -0.39 is 5.54 Å². The monoisotopic (exact) mass is 471 g/mol. The Morgan fingerprint density at radius 3 is 2.71 bits per heavy atom. The number of ether oxygens (including phenoxy) is 2. The van der Waals surface area contributed by atoms with Crippen LogP contribution in [0.5, 0.6) is 5.88 Å². The van der Waals surface area contributed by atoms with Crippen LogP contribution in [0.2, 0.25) is 0 Å². The van der Waals surface area contributed by atoms with Gasteiger partial charge in [-0.2, -0.15) is 0 Å². The third-order valence-electron chi connectivity index (χ3n) is 8.31. The van der Waals surface area contributed by atoms with Crippen LogP contribution >= 0.6 is 0 Å². The van der Waals surface area contributed by atoms with Crippen LogP contribution in [0.15, 0.2) is 18.2 Å². The van der Waals surface area contributed by atoms with Crippen molar-refractivity contribution in [2.24, 2.45) is 0 Å². The van der Waals surface area contributed by atoms with Gasteiger partial charge in [0.25, 0.3) is 0 Å². The highest BCUT2D eigenvalue weighted by Crippen LogP contribution is 2.34. The molecule has 0 saturated carbocycles. The zero-order valence-corrected chi connectivity index (χ0v) is 20.4. The van der Waals surface area contributed by atoms with Gasteiger partial charge < -0.3 is 19.7 Å². The van der Waals surface area contributed by atoms with E-state index in [1.807, 2.05) is 23.1 Å². The number of nitrogens with one attached hydrogen (secondary N) is 1. The maximum Gasteiger partial charge on any atom is 0.243 e. The van der Waals surface area contributed by atoms with Gasteiger partial charge in [-0.15, -0.1) is 0 Å². The Morgan fingerprint density at radius 1 is 1.21 bits per heavy atom. The zero-order valence-electron chi connectivity index (χ0n) is 20.4. The highest BCUT2D eigenvalue weighted by Gasteiger charge is 2.49. The lowest BCUT2D eigenvalue weighted by Crippen LogP contribution is -2.56. The number of likely N-dealkylation sites (N-methyl/N-ethyl adjacent to an activating group) is 1. The van der Waals surface area contributed by atoms with E-state index in [4.69, 9.17) is 9.47 Å². The number of hydrogen-bond donors (Lipinski definition) is 1. The molecule has 0 aliphatic carbocycles.